The third-order valence-corrected chi connectivity index (χ3v) is 20.9. The van der Waals surface area contributed by atoms with Gasteiger partial charge in [-0.3, -0.25) is 0 Å². The summed E-state index contributed by atoms with van der Waals surface area (Å²) in [5.41, 5.74) is 2.96. The van der Waals surface area contributed by atoms with E-state index in [1.807, 2.05) is 84.9 Å². The molecule has 9 rings (SSSR count). The second-order valence-corrected chi connectivity index (χ2v) is 23.2. The fraction of sp³-hybridized carbons (Fsp3) is 0.0816. The van der Waals surface area contributed by atoms with Crippen molar-refractivity contribution in [2.75, 3.05) is 6.16 Å². The van der Waals surface area contributed by atoms with Gasteiger partial charge in [-0.25, -0.2) is 0 Å². The normalized spacial score (nSPS) is 13.9. The van der Waals surface area contributed by atoms with Gasteiger partial charge in [0.2, 0.25) is 0 Å². The quantitative estimate of drug-likeness (QED) is 0.139. The van der Waals surface area contributed by atoms with Crippen LogP contribution in [0.3, 0.4) is 0 Å². The van der Waals surface area contributed by atoms with Crippen LogP contribution in [0.25, 0.3) is 22.3 Å². The SMILES string of the molecule is O=c1c(O)c(-c2ccc(CCCP(Br)(c3ccccc3)(c3ccccc3)c3ccccc3)cc2)oc2c3c(ccc12)OC(c1ccccc1)(c1ccccc1)O3. The third kappa shape index (κ3) is 5.83. The topological polar surface area (TPSA) is 68.9 Å². The van der Waals surface area contributed by atoms with Gasteiger partial charge in [-0.2, -0.15) is 0 Å². The fourth-order valence-corrected chi connectivity index (χ4v) is 15.8. The van der Waals surface area contributed by atoms with E-state index in [4.69, 9.17) is 13.9 Å². The molecular weight excluding hydrogens is 779 g/mol. The van der Waals surface area contributed by atoms with Gasteiger partial charge in [-0.1, -0.05) is 60.7 Å². The first kappa shape index (κ1) is 35.7. The molecule has 0 saturated heterocycles. The molecule has 8 aromatic rings. The van der Waals surface area contributed by atoms with E-state index in [-0.39, 0.29) is 16.7 Å². The molecule has 0 spiro atoms. The van der Waals surface area contributed by atoms with Crippen molar-refractivity contribution in [2.45, 2.75) is 18.6 Å². The molecule has 7 heteroatoms. The molecule has 56 heavy (non-hydrogen) atoms. The molecule has 1 aliphatic heterocycles. The fourth-order valence-electron chi connectivity index (χ4n) is 8.07. The molecule has 2 heterocycles. The van der Waals surface area contributed by atoms with Gasteiger partial charge < -0.3 is 4.74 Å². The summed E-state index contributed by atoms with van der Waals surface area (Å²) in [6.07, 6.45) is 2.64. The Morgan fingerprint density at radius 3 is 1.55 bits per heavy atom. The van der Waals surface area contributed by atoms with Gasteiger partial charge in [0.05, 0.1) is 0 Å². The van der Waals surface area contributed by atoms with E-state index < -0.39 is 22.3 Å². The predicted octanol–water partition coefficient (Wildman–Crippen LogP) is 10.6. The van der Waals surface area contributed by atoms with Crippen LogP contribution in [0.5, 0.6) is 17.2 Å². The first-order valence-electron chi connectivity index (χ1n) is 18.7. The monoisotopic (exact) mass is 816 g/mol. The molecule has 5 nitrogen and oxygen atoms in total. The van der Waals surface area contributed by atoms with Crippen molar-refractivity contribution in [3.05, 3.63) is 215 Å². The minimum atomic E-state index is -3.06. The molecule has 0 fully saturated rings. The van der Waals surface area contributed by atoms with Crippen LogP contribution in [-0.2, 0) is 12.2 Å². The van der Waals surface area contributed by atoms with Crippen molar-refractivity contribution in [3.8, 4) is 28.6 Å². The molecule has 1 aliphatic rings. The second kappa shape index (κ2) is 14.3. The molecule has 0 amide bonds. The first-order chi connectivity index (χ1) is 27.4. The van der Waals surface area contributed by atoms with Crippen LogP contribution in [0.15, 0.2) is 197 Å². The molecule has 0 bridgehead atoms. The Bertz CT molecular complexity index is 2570. The summed E-state index contributed by atoms with van der Waals surface area (Å²) in [7, 11) is 0. The van der Waals surface area contributed by atoms with Gasteiger partial charge >= 0.3 is 252 Å². The zero-order valence-corrected chi connectivity index (χ0v) is 32.9. The summed E-state index contributed by atoms with van der Waals surface area (Å²) in [6, 6.07) is 63.0. The minimum absolute atomic E-state index is 0.0746. The third-order valence-electron chi connectivity index (χ3n) is 10.9. The number of hydrogen-bond acceptors (Lipinski definition) is 5. The van der Waals surface area contributed by atoms with Crippen LogP contribution in [0.1, 0.15) is 23.1 Å². The van der Waals surface area contributed by atoms with Crippen LogP contribution < -0.4 is 30.8 Å². The smallest absolute Gasteiger partial charge is 0.440 e. The number of benzene rings is 7. The summed E-state index contributed by atoms with van der Waals surface area (Å²) in [6.45, 7) is 0. The van der Waals surface area contributed by atoms with Crippen molar-refractivity contribution in [3.63, 3.8) is 0 Å². The molecule has 0 radical (unpaired) electrons. The maximum atomic E-state index is 13.7. The molecule has 1 aromatic heterocycles. The zero-order valence-electron chi connectivity index (χ0n) is 30.4. The van der Waals surface area contributed by atoms with Crippen LogP contribution in [-0.4, -0.2) is 11.3 Å². The summed E-state index contributed by atoms with van der Waals surface area (Å²) < 4.78 is 19.8. The van der Waals surface area contributed by atoms with Gasteiger partial charge in [-0.05, 0) is 6.07 Å². The van der Waals surface area contributed by atoms with Crippen molar-refractivity contribution in [1.82, 2.24) is 0 Å². The van der Waals surface area contributed by atoms with Gasteiger partial charge in [0.15, 0.2) is 0 Å². The first-order valence-corrected chi connectivity index (χ1v) is 23.1. The predicted molar refractivity (Wildman–Crippen MR) is 232 cm³/mol. The van der Waals surface area contributed by atoms with E-state index in [0.717, 1.165) is 35.7 Å². The van der Waals surface area contributed by atoms with E-state index in [1.165, 1.54) is 15.9 Å². The number of aromatic hydroxyl groups is 1. The number of rotatable bonds is 10. The van der Waals surface area contributed by atoms with E-state index in [1.54, 1.807) is 12.1 Å². The van der Waals surface area contributed by atoms with Crippen LogP contribution in [0.4, 0.5) is 0 Å². The molecular formula is C49H38BrO5P. The zero-order chi connectivity index (χ0) is 38.2. The van der Waals surface area contributed by atoms with E-state index in [0.29, 0.717) is 17.1 Å². The molecule has 276 valence electrons. The standard InChI is InChI=1S/C49H38BrO5P/c50-56(39-22-10-3-11-23-39,40-24-12-4-13-25-40,41-26-14-5-15-27-41)34-16-17-35-28-30-36(31-29-35)46-45(52)44(51)42-32-33-43-48(47(42)53-46)55-49(54-43,37-18-6-1-7-19-37)38-20-8-2-9-21-38/h1-15,18-33,52H,16-17,34H2. The van der Waals surface area contributed by atoms with Crippen LogP contribution in [0, 0.1) is 0 Å². The number of ether oxygens (including phenoxy) is 2. The molecule has 0 unspecified atom stereocenters. The Hall–Kier alpha value is -5.94. The van der Waals surface area contributed by atoms with E-state index >= 15 is 0 Å². The average molecular weight is 818 g/mol. The van der Waals surface area contributed by atoms with Crippen molar-refractivity contribution in [1.29, 1.82) is 0 Å². The summed E-state index contributed by atoms with van der Waals surface area (Å²) >= 11 is 4.56. The van der Waals surface area contributed by atoms with Crippen molar-refractivity contribution < 1.29 is 19.0 Å². The van der Waals surface area contributed by atoms with Gasteiger partial charge in [-0.15, -0.1) is 0 Å². The number of hydrogen-bond donors (Lipinski definition) is 1. The summed E-state index contributed by atoms with van der Waals surface area (Å²) in [5.74, 6) is -0.938. The Balaban J connectivity index is 1.04. The number of halogens is 1. The molecule has 0 atom stereocenters. The van der Waals surface area contributed by atoms with Gasteiger partial charge in [0.1, 0.15) is 0 Å². The molecule has 0 aliphatic carbocycles. The van der Waals surface area contributed by atoms with Crippen LogP contribution in [0.2, 0.25) is 0 Å². The molecule has 0 saturated carbocycles. The number of aryl methyl sites for hydroxylation is 1. The van der Waals surface area contributed by atoms with Crippen molar-refractivity contribution >= 4 is 47.7 Å². The van der Waals surface area contributed by atoms with E-state index in [2.05, 4.69) is 106 Å². The summed E-state index contributed by atoms with van der Waals surface area (Å²) in [5, 5.41) is 12.2. The van der Waals surface area contributed by atoms with Crippen molar-refractivity contribution in [2.24, 2.45) is 0 Å². The Morgan fingerprint density at radius 2 is 1.05 bits per heavy atom. The molecule has 7 aromatic carbocycles. The second-order valence-electron chi connectivity index (χ2n) is 14.1. The Labute approximate surface area is 333 Å². The Morgan fingerprint density at radius 1 is 0.571 bits per heavy atom. The minimum Gasteiger partial charge on any atom is -0.440 e. The maximum absolute atomic E-state index is 13.7. The number of fused-ring (bicyclic) bond motifs is 3. The van der Waals surface area contributed by atoms with E-state index in [9.17, 15) is 9.90 Å². The van der Waals surface area contributed by atoms with Gasteiger partial charge in [0.25, 0.3) is 0 Å². The van der Waals surface area contributed by atoms with Crippen LogP contribution >= 0.6 is 20.8 Å². The average Bonchev–Trinajstić information content (AvgIpc) is 3.68. The van der Waals surface area contributed by atoms with Gasteiger partial charge in [0, 0.05) is 11.1 Å². The molecule has 1 N–H and O–H groups in total. The summed E-state index contributed by atoms with van der Waals surface area (Å²) in [4.78, 5) is 13.7. The Kier molecular flexibility index (Phi) is 9.12.